The Balaban J connectivity index is 1.65. The SMILES string of the molecule is O=C(/C=C/c1c(Cl)nc2ccccn12)NCC(O)c1ccsc1. The number of nitrogens with one attached hydrogen (secondary N) is 1. The number of thiophene rings is 1. The third-order valence-electron chi connectivity index (χ3n) is 3.31. The van der Waals surface area contributed by atoms with Gasteiger partial charge >= 0.3 is 0 Å². The Morgan fingerprint density at radius 2 is 2.35 bits per heavy atom. The van der Waals surface area contributed by atoms with Crippen LogP contribution in [0.1, 0.15) is 17.4 Å². The fraction of sp³-hybridized carbons (Fsp3) is 0.125. The van der Waals surface area contributed by atoms with Crippen LogP contribution in [-0.2, 0) is 4.79 Å². The smallest absolute Gasteiger partial charge is 0.244 e. The van der Waals surface area contributed by atoms with E-state index in [2.05, 4.69) is 10.3 Å². The van der Waals surface area contributed by atoms with E-state index in [1.54, 1.807) is 10.5 Å². The van der Waals surface area contributed by atoms with Crippen molar-refractivity contribution in [2.24, 2.45) is 0 Å². The number of halogens is 1. The summed E-state index contributed by atoms with van der Waals surface area (Å²) in [6.45, 7) is 0.154. The van der Waals surface area contributed by atoms with E-state index >= 15 is 0 Å². The third kappa shape index (κ3) is 3.61. The first-order valence-corrected chi connectivity index (χ1v) is 8.26. The quantitative estimate of drug-likeness (QED) is 0.697. The fourth-order valence-electron chi connectivity index (χ4n) is 2.13. The molecule has 0 aliphatic carbocycles. The summed E-state index contributed by atoms with van der Waals surface area (Å²) in [5.41, 5.74) is 2.14. The van der Waals surface area contributed by atoms with E-state index in [9.17, 15) is 9.90 Å². The molecule has 1 amide bonds. The van der Waals surface area contributed by atoms with Crippen molar-refractivity contribution in [2.45, 2.75) is 6.10 Å². The number of aliphatic hydroxyl groups excluding tert-OH is 1. The molecule has 3 heterocycles. The van der Waals surface area contributed by atoms with Crippen LogP contribution in [-0.4, -0.2) is 26.9 Å². The molecule has 0 aromatic carbocycles. The van der Waals surface area contributed by atoms with Crippen LogP contribution >= 0.6 is 22.9 Å². The summed E-state index contributed by atoms with van der Waals surface area (Å²) < 4.78 is 1.80. The van der Waals surface area contributed by atoms with E-state index in [0.29, 0.717) is 16.5 Å². The number of carbonyl (C=O) groups is 1. The van der Waals surface area contributed by atoms with Crippen LogP contribution in [0.4, 0.5) is 0 Å². The third-order valence-corrected chi connectivity index (χ3v) is 4.29. The number of carbonyl (C=O) groups excluding carboxylic acids is 1. The normalized spacial score (nSPS) is 12.8. The lowest BCUT2D eigenvalue weighted by atomic mass is 10.2. The monoisotopic (exact) mass is 347 g/mol. The Labute approximate surface area is 141 Å². The van der Waals surface area contributed by atoms with Gasteiger partial charge in [0.15, 0.2) is 5.15 Å². The Morgan fingerprint density at radius 3 is 3.13 bits per heavy atom. The van der Waals surface area contributed by atoms with Crippen molar-refractivity contribution in [3.05, 3.63) is 63.7 Å². The summed E-state index contributed by atoms with van der Waals surface area (Å²) in [4.78, 5) is 16.1. The maximum absolute atomic E-state index is 11.9. The number of amides is 1. The number of aromatic nitrogens is 2. The lowest BCUT2D eigenvalue weighted by Crippen LogP contribution is -2.26. The minimum absolute atomic E-state index is 0.154. The average molecular weight is 348 g/mol. The highest BCUT2D eigenvalue weighted by atomic mass is 35.5. The van der Waals surface area contributed by atoms with Crippen molar-refractivity contribution in [3.63, 3.8) is 0 Å². The molecule has 23 heavy (non-hydrogen) atoms. The first-order valence-electron chi connectivity index (χ1n) is 6.94. The lowest BCUT2D eigenvalue weighted by molar-refractivity contribution is -0.116. The van der Waals surface area contributed by atoms with Gasteiger partial charge in [0.05, 0.1) is 11.8 Å². The van der Waals surface area contributed by atoms with Gasteiger partial charge in [-0.25, -0.2) is 4.98 Å². The molecule has 3 aromatic heterocycles. The standard InChI is InChI=1S/C16H14ClN3O2S/c17-16-12(20-7-2-1-3-14(20)19-16)4-5-15(22)18-9-13(21)11-6-8-23-10-11/h1-8,10,13,21H,9H2,(H,18,22)/b5-4+. The highest BCUT2D eigenvalue weighted by molar-refractivity contribution is 7.07. The lowest BCUT2D eigenvalue weighted by Gasteiger charge is -2.08. The number of aliphatic hydroxyl groups is 1. The molecule has 3 aromatic rings. The molecule has 0 saturated carbocycles. The van der Waals surface area contributed by atoms with Gasteiger partial charge in [0.25, 0.3) is 0 Å². The van der Waals surface area contributed by atoms with Crippen LogP contribution in [0.25, 0.3) is 11.7 Å². The fourth-order valence-corrected chi connectivity index (χ4v) is 3.08. The Bertz CT molecular complexity index is 842. The summed E-state index contributed by atoms with van der Waals surface area (Å²) in [5.74, 6) is -0.304. The van der Waals surface area contributed by atoms with Gasteiger partial charge in [-0.15, -0.1) is 0 Å². The maximum Gasteiger partial charge on any atom is 0.244 e. The number of hydrogen-bond donors (Lipinski definition) is 2. The number of hydrogen-bond acceptors (Lipinski definition) is 4. The van der Waals surface area contributed by atoms with Crippen LogP contribution in [0, 0.1) is 0 Å². The molecule has 7 heteroatoms. The van der Waals surface area contributed by atoms with E-state index in [1.165, 1.54) is 17.4 Å². The van der Waals surface area contributed by atoms with E-state index in [1.807, 2.05) is 41.2 Å². The molecule has 118 valence electrons. The molecule has 0 bridgehead atoms. The second-order valence-electron chi connectivity index (χ2n) is 4.87. The number of rotatable bonds is 5. The minimum Gasteiger partial charge on any atom is -0.387 e. The van der Waals surface area contributed by atoms with Gasteiger partial charge in [-0.2, -0.15) is 11.3 Å². The number of pyridine rings is 1. The summed E-state index contributed by atoms with van der Waals surface area (Å²) in [7, 11) is 0. The summed E-state index contributed by atoms with van der Waals surface area (Å²) in [6.07, 6.45) is 4.10. The van der Waals surface area contributed by atoms with Crippen LogP contribution in [0.2, 0.25) is 5.15 Å². The number of nitrogens with zero attached hydrogens (tertiary/aromatic N) is 2. The highest BCUT2D eigenvalue weighted by Crippen LogP contribution is 2.19. The molecule has 0 aliphatic heterocycles. The van der Waals surface area contributed by atoms with Crippen molar-refractivity contribution in [1.82, 2.24) is 14.7 Å². The van der Waals surface area contributed by atoms with E-state index in [4.69, 9.17) is 11.6 Å². The van der Waals surface area contributed by atoms with Crippen LogP contribution in [0.3, 0.4) is 0 Å². The van der Waals surface area contributed by atoms with Crippen LogP contribution in [0.5, 0.6) is 0 Å². The molecule has 3 rings (SSSR count). The molecule has 2 N–H and O–H groups in total. The molecule has 0 aliphatic rings. The zero-order chi connectivity index (χ0) is 16.2. The summed E-state index contributed by atoms with van der Waals surface area (Å²) in [6, 6.07) is 7.39. The number of imidazole rings is 1. The van der Waals surface area contributed by atoms with Gasteiger partial charge in [-0.05, 0) is 40.6 Å². The van der Waals surface area contributed by atoms with Gasteiger partial charge in [0.2, 0.25) is 5.91 Å². The Hall–Kier alpha value is -2.15. The van der Waals surface area contributed by atoms with Crippen molar-refractivity contribution in [2.75, 3.05) is 6.54 Å². The van der Waals surface area contributed by atoms with Gasteiger partial charge in [-0.1, -0.05) is 17.7 Å². The van der Waals surface area contributed by atoms with E-state index < -0.39 is 6.10 Å². The van der Waals surface area contributed by atoms with Crippen molar-refractivity contribution in [1.29, 1.82) is 0 Å². The predicted octanol–water partition coefficient (Wildman–Crippen LogP) is 2.91. The second kappa shape index (κ2) is 6.95. The average Bonchev–Trinajstić information content (AvgIpc) is 3.18. The van der Waals surface area contributed by atoms with Gasteiger partial charge in [0, 0.05) is 18.8 Å². The maximum atomic E-state index is 11.9. The van der Waals surface area contributed by atoms with E-state index in [-0.39, 0.29) is 12.5 Å². The van der Waals surface area contributed by atoms with Crippen LogP contribution in [0.15, 0.2) is 47.3 Å². The molecule has 0 radical (unpaired) electrons. The van der Waals surface area contributed by atoms with Gasteiger partial charge in [-0.3, -0.25) is 9.20 Å². The van der Waals surface area contributed by atoms with Gasteiger partial charge < -0.3 is 10.4 Å². The predicted molar refractivity (Wildman–Crippen MR) is 91.5 cm³/mol. The molecule has 0 fully saturated rings. The molecule has 1 unspecified atom stereocenters. The largest absolute Gasteiger partial charge is 0.387 e. The molecule has 0 saturated heterocycles. The summed E-state index contributed by atoms with van der Waals surface area (Å²) >= 11 is 7.59. The summed E-state index contributed by atoms with van der Waals surface area (Å²) in [5, 5.41) is 16.7. The zero-order valence-corrected chi connectivity index (χ0v) is 13.6. The van der Waals surface area contributed by atoms with Crippen molar-refractivity contribution < 1.29 is 9.90 Å². The zero-order valence-electron chi connectivity index (χ0n) is 12.0. The first kappa shape index (κ1) is 15.7. The van der Waals surface area contributed by atoms with Crippen molar-refractivity contribution >= 4 is 40.6 Å². The molecular weight excluding hydrogens is 334 g/mol. The molecule has 0 spiro atoms. The minimum atomic E-state index is -0.710. The Morgan fingerprint density at radius 1 is 1.48 bits per heavy atom. The van der Waals surface area contributed by atoms with E-state index in [0.717, 1.165) is 5.56 Å². The highest BCUT2D eigenvalue weighted by Gasteiger charge is 2.10. The Kier molecular flexibility index (Phi) is 4.76. The molecule has 5 nitrogen and oxygen atoms in total. The molecule has 1 atom stereocenters. The first-order chi connectivity index (χ1) is 11.1. The van der Waals surface area contributed by atoms with Crippen molar-refractivity contribution in [3.8, 4) is 0 Å². The molecular formula is C16H14ClN3O2S. The second-order valence-corrected chi connectivity index (χ2v) is 6.01. The topological polar surface area (TPSA) is 66.6 Å². The van der Waals surface area contributed by atoms with Crippen LogP contribution < -0.4 is 5.32 Å². The number of fused-ring (bicyclic) bond motifs is 1. The van der Waals surface area contributed by atoms with Gasteiger partial charge in [0.1, 0.15) is 5.65 Å².